The highest BCUT2D eigenvalue weighted by molar-refractivity contribution is 7.16. The van der Waals surface area contributed by atoms with Gasteiger partial charge < -0.3 is 16.0 Å². The van der Waals surface area contributed by atoms with E-state index in [0.717, 1.165) is 33.0 Å². The van der Waals surface area contributed by atoms with Crippen molar-refractivity contribution in [2.24, 2.45) is 10.3 Å². The molecule has 2 aromatic rings. The molecule has 0 saturated carbocycles. The van der Waals surface area contributed by atoms with Crippen molar-refractivity contribution in [3.8, 4) is 0 Å². The van der Waals surface area contributed by atoms with Crippen molar-refractivity contribution in [3.63, 3.8) is 0 Å². The first kappa shape index (κ1) is 15.5. The zero-order valence-corrected chi connectivity index (χ0v) is 14.3. The predicted octanol–water partition coefficient (Wildman–Crippen LogP) is 2.32. The number of thiazole rings is 1. The zero-order chi connectivity index (χ0) is 17.2. The van der Waals surface area contributed by atoms with Crippen molar-refractivity contribution < 1.29 is 0 Å². The number of nitrogens with one attached hydrogen (secondary N) is 3. The number of fused-ring (bicyclic) bond motifs is 2. The Labute approximate surface area is 148 Å². The Bertz CT molecular complexity index is 939. The minimum Gasteiger partial charge on any atom is -0.393 e. The van der Waals surface area contributed by atoms with Crippen molar-refractivity contribution in [3.05, 3.63) is 58.7 Å². The second-order valence-corrected chi connectivity index (χ2v) is 6.35. The van der Waals surface area contributed by atoms with Gasteiger partial charge in [0.2, 0.25) is 0 Å². The van der Waals surface area contributed by atoms with Gasteiger partial charge in [0, 0.05) is 30.7 Å². The smallest absolute Gasteiger partial charge is 0.163 e. The van der Waals surface area contributed by atoms with E-state index in [9.17, 15) is 0 Å². The lowest BCUT2D eigenvalue weighted by molar-refractivity contribution is 0.216. The number of hydrogen-bond acceptors (Lipinski definition) is 9. The number of allylic oxidation sites excluding steroid dienone is 3. The summed E-state index contributed by atoms with van der Waals surface area (Å²) < 4.78 is 0. The van der Waals surface area contributed by atoms with Crippen LogP contribution in [-0.2, 0) is 6.54 Å². The summed E-state index contributed by atoms with van der Waals surface area (Å²) in [5.74, 6) is 0. The third-order valence-corrected chi connectivity index (χ3v) is 4.65. The van der Waals surface area contributed by atoms with Crippen LogP contribution in [0.15, 0.2) is 63.3 Å². The van der Waals surface area contributed by atoms with E-state index in [1.807, 2.05) is 36.3 Å². The highest BCUT2D eigenvalue weighted by Gasteiger charge is 2.30. The molecular weight excluding hydrogens is 336 g/mol. The summed E-state index contributed by atoms with van der Waals surface area (Å²) in [6.07, 6.45) is 6.74. The molecule has 0 saturated heterocycles. The first-order valence-corrected chi connectivity index (χ1v) is 8.60. The molecule has 4 heterocycles. The van der Waals surface area contributed by atoms with Crippen LogP contribution in [0.5, 0.6) is 0 Å². The minimum atomic E-state index is -0.167. The maximum atomic E-state index is 7.57. The molecule has 1 atom stereocenters. The standard InChI is InChI=1S/C16H16N8S/c1-18-7-10(6-17)12-4-5-13-15(21-12)24(23-22-13)8-11-2-3-14-16(20-11)25-9-19-14/h2-7,9,15,17-18,21H,8H2,1H3/b10-7+,17-6?. The van der Waals surface area contributed by atoms with Gasteiger partial charge in [0.05, 0.1) is 23.3 Å². The van der Waals surface area contributed by atoms with E-state index < -0.39 is 0 Å². The monoisotopic (exact) mass is 352 g/mol. The van der Waals surface area contributed by atoms with Gasteiger partial charge in [0.15, 0.2) is 6.17 Å². The summed E-state index contributed by atoms with van der Waals surface area (Å²) in [5, 5.41) is 24.3. The largest absolute Gasteiger partial charge is 0.393 e. The normalized spacial score (nSPS) is 19.3. The number of nitrogens with zero attached hydrogens (tertiary/aromatic N) is 5. The molecule has 0 fully saturated rings. The van der Waals surface area contributed by atoms with E-state index in [0.29, 0.717) is 6.54 Å². The van der Waals surface area contributed by atoms with Crippen molar-refractivity contribution in [2.45, 2.75) is 12.7 Å². The van der Waals surface area contributed by atoms with Crippen LogP contribution < -0.4 is 10.6 Å². The summed E-state index contributed by atoms with van der Waals surface area (Å²) in [4.78, 5) is 9.80. The van der Waals surface area contributed by atoms with E-state index in [-0.39, 0.29) is 6.17 Å². The molecule has 2 aliphatic rings. The van der Waals surface area contributed by atoms with Crippen molar-refractivity contribution in [1.29, 1.82) is 5.41 Å². The minimum absolute atomic E-state index is 0.167. The molecule has 2 aliphatic heterocycles. The SMILES string of the molecule is CN/C=C(\C=N)C1=CC=C2N=NN(Cc3ccc4ncsc4n3)C2N1. The molecule has 3 N–H and O–H groups in total. The van der Waals surface area contributed by atoms with Gasteiger partial charge in [-0.25, -0.2) is 15.0 Å². The average Bonchev–Trinajstić information content (AvgIpc) is 3.26. The number of aromatic nitrogens is 2. The molecule has 0 radical (unpaired) electrons. The Morgan fingerprint density at radius 3 is 3.20 bits per heavy atom. The van der Waals surface area contributed by atoms with Crippen LogP contribution in [0.25, 0.3) is 10.3 Å². The van der Waals surface area contributed by atoms with Gasteiger partial charge >= 0.3 is 0 Å². The lowest BCUT2D eigenvalue weighted by Crippen LogP contribution is -2.42. The Balaban J connectivity index is 1.54. The molecule has 0 amide bonds. The number of rotatable bonds is 5. The van der Waals surface area contributed by atoms with Crippen LogP contribution in [0.1, 0.15) is 5.69 Å². The fourth-order valence-corrected chi connectivity index (χ4v) is 3.38. The maximum Gasteiger partial charge on any atom is 0.163 e. The van der Waals surface area contributed by atoms with E-state index in [4.69, 9.17) is 5.41 Å². The van der Waals surface area contributed by atoms with Crippen molar-refractivity contribution in [1.82, 2.24) is 25.6 Å². The van der Waals surface area contributed by atoms with E-state index in [1.165, 1.54) is 17.6 Å². The van der Waals surface area contributed by atoms with Gasteiger partial charge in [-0.05, 0) is 24.3 Å². The Morgan fingerprint density at radius 1 is 1.44 bits per heavy atom. The Kier molecular flexibility index (Phi) is 3.98. The van der Waals surface area contributed by atoms with Gasteiger partial charge in [-0.15, -0.1) is 16.5 Å². The molecule has 126 valence electrons. The highest BCUT2D eigenvalue weighted by Crippen LogP contribution is 2.27. The Hall–Kier alpha value is -3.07. The molecule has 9 heteroatoms. The van der Waals surface area contributed by atoms with Crippen LogP contribution in [0.2, 0.25) is 0 Å². The molecule has 25 heavy (non-hydrogen) atoms. The molecule has 8 nitrogen and oxygen atoms in total. The summed E-state index contributed by atoms with van der Waals surface area (Å²) >= 11 is 1.52. The number of hydrogen-bond donors (Lipinski definition) is 3. The number of dihydropyridines is 1. The lowest BCUT2D eigenvalue weighted by atomic mass is 10.1. The summed E-state index contributed by atoms with van der Waals surface area (Å²) in [5.41, 5.74) is 6.07. The quantitative estimate of drug-likeness (QED) is 0.717. The first-order valence-electron chi connectivity index (χ1n) is 7.72. The van der Waals surface area contributed by atoms with E-state index in [1.54, 1.807) is 11.7 Å². The molecule has 0 aliphatic carbocycles. The van der Waals surface area contributed by atoms with Gasteiger partial charge in [-0.3, -0.25) is 0 Å². The average molecular weight is 352 g/mol. The van der Waals surface area contributed by atoms with Gasteiger partial charge in [0.1, 0.15) is 10.5 Å². The van der Waals surface area contributed by atoms with Crippen molar-refractivity contribution >= 4 is 27.9 Å². The fourth-order valence-electron chi connectivity index (χ4n) is 2.70. The van der Waals surface area contributed by atoms with Crippen LogP contribution in [0.4, 0.5) is 0 Å². The van der Waals surface area contributed by atoms with Gasteiger partial charge in [0.25, 0.3) is 0 Å². The molecule has 4 rings (SSSR count). The zero-order valence-electron chi connectivity index (χ0n) is 13.5. The van der Waals surface area contributed by atoms with Crippen LogP contribution in [-0.4, -0.2) is 34.4 Å². The molecule has 0 spiro atoms. The Morgan fingerprint density at radius 2 is 2.36 bits per heavy atom. The second kappa shape index (κ2) is 6.44. The maximum absolute atomic E-state index is 7.57. The topological polar surface area (TPSA) is 102 Å². The summed E-state index contributed by atoms with van der Waals surface area (Å²) in [6.45, 7) is 0.537. The summed E-state index contributed by atoms with van der Waals surface area (Å²) in [7, 11) is 1.81. The van der Waals surface area contributed by atoms with Gasteiger partial charge in [-0.1, -0.05) is 5.22 Å². The fraction of sp³-hybridized carbons (Fsp3) is 0.188. The summed E-state index contributed by atoms with van der Waals surface area (Å²) in [6, 6.07) is 3.93. The van der Waals surface area contributed by atoms with Crippen molar-refractivity contribution in [2.75, 3.05) is 7.05 Å². The second-order valence-electron chi connectivity index (χ2n) is 5.52. The predicted molar refractivity (Wildman–Crippen MR) is 96.8 cm³/mol. The van der Waals surface area contributed by atoms with Crippen LogP contribution >= 0.6 is 11.3 Å². The van der Waals surface area contributed by atoms with E-state index >= 15 is 0 Å². The highest BCUT2D eigenvalue weighted by atomic mass is 32.1. The van der Waals surface area contributed by atoms with Crippen LogP contribution in [0, 0.1) is 5.41 Å². The number of pyridine rings is 1. The lowest BCUT2D eigenvalue weighted by Gasteiger charge is -2.27. The third-order valence-electron chi connectivity index (χ3n) is 3.91. The van der Waals surface area contributed by atoms with Gasteiger partial charge in [-0.2, -0.15) is 0 Å². The molecular formula is C16H16N8S. The molecule has 0 aromatic carbocycles. The first-order chi connectivity index (χ1) is 12.3. The van der Waals surface area contributed by atoms with E-state index in [2.05, 4.69) is 30.9 Å². The molecule has 1 unspecified atom stereocenters. The van der Waals surface area contributed by atoms with Crippen LogP contribution in [0.3, 0.4) is 0 Å². The molecule has 2 aromatic heterocycles. The third kappa shape index (κ3) is 2.89. The molecule has 0 bridgehead atoms.